The molecule has 0 aromatic heterocycles. The quantitative estimate of drug-likeness (QED) is 0.532. The molecule has 1 saturated heterocycles. The summed E-state index contributed by atoms with van der Waals surface area (Å²) in [5.41, 5.74) is 0. The molecule has 0 bridgehead atoms. The summed E-state index contributed by atoms with van der Waals surface area (Å²) >= 11 is 0. The predicted octanol–water partition coefficient (Wildman–Crippen LogP) is 0.464. The molecule has 1 N–H and O–H groups in total. The van der Waals surface area contributed by atoms with Gasteiger partial charge < -0.3 is 10.2 Å². The van der Waals surface area contributed by atoms with E-state index in [9.17, 15) is 0 Å². The standard InChI is InChI=1S/C8H16N2/c1-4-8-6-10(3)5-7(2)9-8/h4,7-9H,1,5-6H2,2-3H3/t7-,8+/m1/s1. The predicted molar refractivity (Wildman–Crippen MR) is 44.1 cm³/mol. The molecule has 0 unspecified atom stereocenters. The largest absolute Gasteiger partial charge is 0.306 e. The third-order valence-corrected chi connectivity index (χ3v) is 1.88. The van der Waals surface area contributed by atoms with Crippen molar-refractivity contribution in [2.45, 2.75) is 19.0 Å². The first-order valence-corrected chi connectivity index (χ1v) is 3.79. The molecule has 0 aliphatic carbocycles. The summed E-state index contributed by atoms with van der Waals surface area (Å²) in [5, 5.41) is 3.44. The van der Waals surface area contributed by atoms with Crippen molar-refractivity contribution in [3.8, 4) is 0 Å². The first-order valence-electron chi connectivity index (χ1n) is 3.79. The van der Waals surface area contributed by atoms with Gasteiger partial charge in [-0.15, -0.1) is 6.58 Å². The molecule has 1 aliphatic rings. The average Bonchev–Trinajstić information content (AvgIpc) is 1.85. The molecule has 10 heavy (non-hydrogen) atoms. The molecule has 2 atom stereocenters. The van der Waals surface area contributed by atoms with E-state index in [1.54, 1.807) is 0 Å². The monoisotopic (exact) mass is 140 g/mol. The Balaban J connectivity index is 2.42. The maximum absolute atomic E-state index is 3.76. The second-order valence-electron chi connectivity index (χ2n) is 3.13. The van der Waals surface area contributed by atoms with Crippen LogP contribution in [-0.2, 0) is 0 Å². The van der Waals surface area contributed by atoms with Gasteiger partial charge in [0, 0.05) is 25.2 Å². The van der Waals surface area contributed by atoms with Gasteiger partial charge in [0.05, 0.1) is 0 Å². The van der Waals surface area contributed by atoms with Crippen LogP contribution in [0.2, 0.25) is 0 Å². The Morgan fingerprint density at radius 1 is 1.60 bits per heavy atom. The van der Waals surface area contributed by atoms with Gasteiger partial charge in [-0.05, 0) is 14.0 Å². The summed E-state index contributed by atoms with van der Waals surface area (Å²) in [6, 6.07) is 1.08. The molecule has 0 aromatic rings. The van der Waals surface area contributed by atoms with E-state index in [1.807, 2.05) is 6.08 Å². The lowest BCUT2D eigenvalue weighted by Crippen LogP contribution is -2.53. The molecule has 0 aromatic carbocycles. The van der Waals surface area contributed by atoms with Gasteiger partial charge in [0.2, 0.25) is 0 Å². The maximum atomic E-state index is 3.76. The van der Waals surface area contributed by atoms with Crippen LogP contribution in [-0.4, -0.2) is 37.1 Å². The lowest BCUT2D eigenvalue weighted by Gasteiger charge is -2.33. The second-order valence-corrected chi connectivity index (χ2v) is 3.13. The van der Waals surface area contributed by atoms with Gasteiger partial charge in [-0.2, -0.15) is 0 Å². The smallest absolute Gasteiger partial charge is 0.0378 e. The highest BCUT2D eigenvalue weighted by Gasteiger charge is 2.18. The topological polar surface area (TPSA) is 15.3 Å². The Bertz CT molecular complexity index is 112. The highest BCUT2D eigenvalue weighted by molar-refractivity contribution is 4.93. The van der Waals surface area contributed by atoms with E-state index < -0.39 is 0 Å². The van der Waals surface area contributed by atoms with Crippen molar-refractivity contribution in [3.63, 3.8) is 0 Å². The maximum Gasteiger partial charge on any atom is 0.0378 e. The minimum atomic E-state index is 0.480. The number of hydrogen-bond acceptors (Lipinski definition) is 2. The van der Waals surface area contributed by atoms with Crippen LogP contribution in [0.4, 0.5) is 0 Å². The number of likely N-dealkylation sites (N-methyl/N-ethyl adjacent to an activating group) is 1. The molecule has 1 aliphatic heterocycles. The Kier molecular flexibility index (Phi) is 2.46. The molecule has 58 valence electrons. The number of hydrogen-bond donors (Lipinski definition) is 1. The molecule has 0 amide bonds. The number of rotatable bonds is 1. The van der Waals surface area contributed by atoms with E-state index in [4.69, 9.17) is 0 Å². The zero-order valence-electron chi connectivity index (χ0n) is 6.80. The van der Waals surface area contributed by atoms with E-state index in [2.05, 4.69) is 30.8 Å². The summed E-state index contributed by atoms with van der Waals surface area (Å²) < 4.78 is 0. The van der Waals surface area contributed by atoms with Crippen LogP contribution < -0.4 is 5.32 Å². The van der Waals surface area contributed by atoms with Gasteiger partial charge in [-0.25, -0.2) is 0 Å². The van der Waals surface area contributed by atoms with Gasteiger partial charge in [-0.3, -0.25) is 0 Å². The normalized spacial score (nSPS) is 35.8. The molecule has 2 nitrogen and oxygen atoms in total. The summed E-state index contributed by atoms with van der Waals surface area (Å²) in [4.78, 5) is 2.33. The van der Waals surface area contributed by atoms with E-state index in [0.29, 0.717) is 12.1 Å². The zero-order valence-corrected chi connectivity index (χ0v) is 6.80. The molecule has 0 radical (unpaired) electrons. The number of nitrogens with zero attached hydrogens (tertiary/aromatic N) is 1. The third-order valence-electron chi connectivity index (χ3n) is 1.88. The Morgan fingerprint density at radius 2 is 2.30 bits per heavy atom. The van der Waals surface area contributed by atoms with Gasteiger partial charge in [0.1, 0.15) is 0 Å². The first kappa shape index (κ1) is 7.76. The van der Waals surface area contributed by atoms with Crippen molar-refractivity contribution in [3.05, 3.63) is 12.7 Å². The first-order chi connectivity index (χ1) is 4.72. The highest BCUT2D eigenvalue weighted by atomic mass is 15.2. The van der Waals surface area contributed by atoms with E-state index in [-0.39, 0.29) is 0 Å². The SMILES string of the molecule is C=C[C@H]1CN(C)C[C@@H](C)N1. The average molecular weight is 140 g/mol. The summed E-state index contributed by atoms with van der Waals surface area (Å²) in [6.45, 7) is 8.20. The van der Waals surface area contributed by atoms with Crippen molar-refractivity contribution < 1.29 is 0 Å². The fourth-order valence-corrected chi connectivity index (χ4v) is 1.49. The molecular weight excluding hydrogens is 124 g/mol. The lowest BCUT2D eigenvalue weighted by atomic mass is 10.1. The molecule has 1 heterocycles. The van der Waals surface area contributed by atoms with Gasteiger partial charge in [-0.1, -0.05) is 6.08 Å². The Morgan fingerprint density at radius 3 is 2.80 bits per heavy atom. The van der Waals surface area contributed by atoms with Gasteiger partial charge in [0.25, 0.3) is 0 Å². The lowest BCUT2D eigenvalue weighted by molar-refractivity contribution is 0.220. The van der Waals surface area contributed by atoms with Crippen LogP contribution in [0.5, 0.6) is 0 Å². The van der Waals surface area contributed by atoms with Crippen molar-refractivity contribution in [2.24, 2.45) is 0 Å². The summed E-state index contributed by atoms with van der Waals surface area (Å²) in [7, 11) is 2.15. The Labute approximate surface area is 62.9 Å². The van der Waals surface area contributed by atoms with Crippen molar-refractivity contribution in [2.75, 3.05) is 20.1 Å². The van der Waals surface area contributed by atoms with Crippen LogP contribution in [0, 0.1) is 0 Å². The summed E-state index contributed by atoms with van der Waals surface area (Å²) in [5.74, 6) is 0. The number of nitrogens with one attached hydrogen (secondary N) is 1. The van der Waals surface area contributed by atoms with Crippen LogP contribution in [0.1, 0.15) is 6.92 Å². The van der Waals surface area contributed by atoms with Crippen LogP contribution in [0.3, 0.4) is 0 Å². The van der Waals surface area contributed by atoms with Crippen molar-refractivity contribution in [1.82, 2.24) is 10.2 Å². The molecule has 0 spiro atoms. The fraction of sp³-hybridized carbons (Fsp3) is 0.750. The highest BCUT2D eigenvalue weighted by Crippen LogP contribution is 2.01. The van der Waals surface area contributed by atoms with Crippen LogP contribution >= 0.6 is 0 Å². The molecule has 1 rings (SSSR count). The van der Waals surface area contributed by atoms with E-state index in [1.165, 1.54) is 0 Å². The van der Waals surface area contributed by atoms with E-state index in [0.717, 1.165) is 13.1 Å². The van der Waals surface area contributed by atoms with Crippen LogP contribution in [0.25, 0.3) is 0 Å². The summed E-state index contributed by atoms with van der Waals surface area (Å²) in [6.07, 6.45) is 1.98. The van der Waals surface area contributed by atoms with Gasteiger partial charge >= 0.3 is 0 Å². The molecule has 0 saturated carbocycles. The van der Waals surface area contributed by atoms with Crippen molar-refractivity contribution in [1.29, 1.82) is 0 Å². The van der Waals surface area contributed by atoms with Gasteiger partial charge in [0.15, 0.2) is 0 Å². The molecule has 1 fully saturated rings. The number of piperazine rings is 1. The minimum Gasteiger partial charge on any atom is -0.306 e. The van der Waals surface area contributed by atoms with Crippen LogP contribution in [0.15, 0.2) is 12.7 Å². The Hall–Kier alpha value is -0.340. The second kappa shape index (κ2) is 3.17. The van der Waals surface area contributed by atoms with Crippen molar-refractivity contribution >= 4 is 0 Å². The third kappa shape index (κ3) is 1.82. The molecule has 2 heteroatoms. The fourth-order valence-electron chi connectivity index (χ4n) is 1.49. The minimum absolute atomic E-state index is 0.480. The van der Waals surface area contributed by atoms with E-state index >= 15 is 0 Å². The molecular formula is C8H16N2. The zero-order chi connectivity index (χ0) is 7.56.